The third-order valence-electron chi connectivity index (χ3n) is 3.08. The van der Waals surface area contributed by atoms with Crippen LogP contribution in [0.3, 0.4) is 0 Å². The maximum absolute atomic E-state index is 12.5. The molecule has 110 valence electrons. The molecule has 0 radical (unpaired) electrons. The Morgan fingerprint density at radius 2 is 2.00 bits per heavy atom. The van der Waals surface area contributed by atoms with Crippen molar-refractivity contribution in [3.05, 3.63) is 35.4 Å². The number of ether oxygens (including phenoxy) is 1. The molecule has 21 heavy (non-hydrogen) atoms. The van der Waals surface area contributed by atoms with Gasteiger partial charge in [0, 0.05) is 12.1 Å². The summed E-state index contributed by atoms with van der Waals surface area (Å²) in [7, 11) is -3.73. The number of esters is 1. The van der Waals surface area contributed by atoms with E-state index in [2.05, 4.69) is 0 Å². The Morgan fingerprint density at radius 3 is 2.57 bits per heavy atom. The van der Waals surface area contributed by atoms with Gasteiger partial charge >= 0.3 is 5.97 Å². The van der Waals surface area contributed by atoms with Crippen molar-refractivity contribution in [1.82, 2.24) is 4.31 Å². The fourth-order valence-corrected chi connectivity index (χ4v) is 3.95. The maximum Gasteiger partial charge on any atom is 0.351 e. The predicted molar refractivity (Wildman–Crippen MR) is 75.2 cm³/mol. The van der Waals surface area contributed by atoms with Crippen LogP contribution in [0.5, 0.6) is 0 Å². The lowest BCUT2D eigenvalue weighted by atomic mass is 10.1. The highest BCUT2D eigenvalue weighted by Crippen LogP contribution is 2.40. The zero-order valence-corrected chi connectivity index (χ0v) is 12.5. The quantitative estimate of drug-likeness (QED) is 0.480. The van der Waals surface area contributed by atoms with E-state index < -0.39 is 16.0 Å². The van der Waals surface area contributed by atoms with E-state index in [1.54, 1.807) is 38.1 Å². The van der Waals surface area contributed by atoms with Gasteiger partial charge < -0.3 is 4.74 Å². The van der Waals surface area contributed by atoms with Crippen LogP contribution in [0.2, 0.25) is 0 Å². The summed E-state index contributed by atoms with van der Waals surface area (Å²) in [4.78, 5) is 12.0. The van der Waals surface area contributed by atoms with E-state index in [9.17, 15) is 18.5 Å². The van der Waals surface area contributed by atoms with E-state index in [1.165, 1.54) is 6.07 Å². The van der Waals surface area contributed by atoms with Crippen LogP contribution < -0.4 is 0 Å². The zero-order valence-electron chi connectivity index (χ0n) is 11.7. The number of rotatable bonds is 3. The Balaban J connectivity index is 2.78. The number of sulfonamides is 1. The first-order chi connectivity index (χ1) is 9.98. The molecule has 0 atom stereocenters. The normalized spacial score (nSPS) is 17.9. The van der Waals surface area contributed by atoms with Gasteiger partial charge in [-0.25, -0.2) is 13.2 Å². The average Bonchev–Trinajstić information content (AvgIpc) is 2.69. The highest BCUT2D eigenvalue weighted by atomic mass is 32.2. The Bertz CT molecular complexity index is 759. The molecule has 0 spiro atoms. The topological polar surface area (TPSA) is 87.5 Å². The Morgan fingerprint density at radius 1 is 1.33 bits per heavy atom. The number of hydrogen-bond acceptors (Lipinski definition) is 5. The Labute approximate surface area is 123 Å². The molecule has 0 saturated carbocycles. The first kappa shape index (κ1) is 15.1. The first-order valence-corrected chi connectivity index (χ1v) is 7.86. The summed E-state index contributed by atoms with van der Waals surface area (Å²) in [5.74, 6) is -0.819. The Kier molecular flexibility index (Phi) is 4.00. The third-order valence-corrected chi connectivity index (χ3v) is 5.01. The van der Waals surface area contributed by atoms with E-state index in [0.717, 1.165) is 4.31 Å². The number of carbonyl (C=O) groups excluding carboxylic acids is 1. The van der Waals surface area contributed by atoms with Crippen molar-refractivity contribution >= 4 is 21.7 Å². The minimum Gasteiger partial charge on any atom is -0.462 e. The molecular weight excluding hydrogens is 292 g/mol. The van der Waals surface area contributed by atoms with Crippen molar-refractivity contribution in [2.75, 3.05) is 13.2 Å². The molecule has 0 aliphatic carbocycles. The van der Waals surface area contributed by atoms with Crippen molar-refractivity contribution in [2.45, 2.75) is 18.7 Å². The van der Waals surface area contributed by atoms with Crippen LogP contribution in [0, 0.1) is 11.3 Å². The molecule has 7 heteroatoms. The number of nitrogens with zero attached hydrogens (tertiary/aromatic N) is 2. The lowest BCUT2D eigenvalue weighted by Crippen LogP contribution is -2.25. The van der Waals surface area contributed by atoms with Gasteiger partial charge in [-0.2, -0.15) is 5.26 Å². The fraction of sp³-hybridized carbons (Fsp3) is 0.286. The van der Waals surface area contributed by atoms with Gasteiger partial charge in [-0.15, -0.1) is 0 Å². The number of nitriles is 1. The fourth-order valence-electron chi connectivity index (χ4n) is 2.25. The van der Waals surface area contributed by atoms with Crippen molar-refractivity contribution in [2.24, 2.45) is 0 Å². The summed E-state index contributed by atoms with van der Waals surface area (Å²) in [6.07, 6.45) is 0. The lowest BCUT2D eigenvalue weighted by molar-refractivity contribution is -0.137. The number of fused-ring (bicyclic) bond motifs is 1. The van der Waals surface area contributed by atoms with Crippen LogP contribution in [0.15, 0.2) is 34.7 Å². The molecule has 0 fully saturated rings. The first-order valence-electron chi connectivity index (χ1n) is 6.42. The highest BCUT2D eigenvalue weighted by molar-refractivity contribution is 7.90. The van der Waals surface area contributed by atoms with E-state index in [0.29, 0.717) is 5.56 Å². The van der Waals surface area contributed by atoms with E-state index in [4.69, 9.17) is 4.74 Å². The molecule has 1 aromatic rings. The molecule has 0 unspecified atom stereocenters. The third kappa shape index (κ3) is 2.28. The van der Waals surface area contributed by atoms with Crippen LogP contribution >= 0.6 is 0 Å². The molecule has 0 aromatic heterocycles. The van der Waals surface area contributed by atoms with Gasteiger partial charge in [0.2, 0.25) is 0 Å². The second-order valence-electron chi connectivity index (χ2n) is 4.22. The molecule has 1 aromatic carbocycles. The number of benzene rings is 1. The summed E-state index contributed by atoms with van der Waals surface area (Å²) in [6, 6.07) is 8.07. The van der Waals surface area contributed by atoms with E-state index in [1.807, 2.05) is 0 Å². The molecule has 0 amide bonds. The average molecular weight is 306 g/mol. The van der Waals surface area contributed by atoms with E-state index >= 15 is 0 Å². The molecule has 0 bridgehead atoms. The van der Waals surface area contributed by atoms with Gasteiger partial charge in [0.25, 0.3) is 10.0 Å². The molecule has 6 nitrogen and oxygen atoms in total. The highest BCUT2D eigenvalue weighted by Gasteiger charge is 2.40. The zero-order chi connectivity index (χ0) is 15.6. The molecule has 1 aliphatic heterocycles. The van der Waals surface area contributed by atoms with Gasteiger partial charge in [-0.3, -0.25) is 4.31 Å². The van der Waals surface area contributed by atoms with Crippen LogP contribution in [-0.2, 0) is 19.6 Å². The summed E-state index contributed by atoms with van der Waals surface area (Å²) in [5, 5.41) is 9.26. The van der Waals surface area contributed by atoms with Crippen molar-refractivity contribution < 1.29 is 17.9 Å². The van der Waals surface area contributed by atoms with Gasteiger partial charge in [0.15, 0.2) is 5.57 Å². The van der Waals surface area contributed by atoms with Crippen LogP contribution in [-0.4, -0.2) is 31.8 Å². The maximum atomic E-state index is 12.5. The van der Waals surface area contributed by atoms with Crippen LogP contribution in [0.1, 0.15) is 19.4 Å². The smallest absolute Gasteiger partial charge is 0.351 e. The van der Waals surface area contributed by atoms with Gasteiger partial charge in [0.05, 0.1) is 17.2 Å². The summed E-state index contributed by atoms with van der Waals surface area (Å²) < 4.78 is 30.8. The van der Waals surface area contributed by atoms with Crippen molar-refractivity contribution in [1.29, 1.82) is 5.26 Å². The minimum atomic E-state index is -3.73. The lowest BCUT2D eigenvalue weighted by Gasteiger charge is -2.17. The summed E-state index contributed by atoms with van der Waals surface area (Å²) in [6.45, 7) is 3.49. The van der Waals surface area contributed by atoms with Gasteiger partial charge in [-0.05, 0) is 19.9 Å². The number of hydrogen-bond donors (Lipinski definition) is 0. The van der Waals surface area contributed by atoms with Crippen LogP contribution in [0.4, 0.5) is 0 Å². The SMILES string of the molecule is CCOC(=O)/C(C#N)=C1/c2ccccc2S(=O)(=O)N1CC. The largest absolute Gasteiger partial charge is 0.462 e. The molecule has 1 heterocycles. The molecule has 0 N–H and O–H groups in total. The van der Waals surface area contributed by atoms with Crippen molar-refractivity contribution in [3.8, 4) is 6.07 Å². The minimum absolute atomic E-state index is 0.0917. The second-order valence-corrected chi connectivity index (χ2v) is 6.05. The van der Waals surface area contributed by atoms with Gasteiger partial charge in [-0.1, -0.05) is 18.2 Å². The van der Waals surface area contributed by atoms with E-state index in [-0.39, 0.29) is 29.3 Å². The second kappa shape index (κ2) is 5.58. The van der Waals surface area contributed by atoms with Crippen LogP contribution in [0.25, 0.3) is 5.70 Å². The van der Waals surface area contributed by atoms with Crippen molar-refractivity contribution in [3.63, 3.8) is 0 Å². The Hall–Kier alpha value is -2.33. The number of carbonyl (C=O) groups is 1. The molecule has 2 rings (SSSR count). The predicted octanol–water partition coefficient (Wildman–Crippen LogP) is 1.51. The van der Waals surface area contributed by atoms with Gasteiger partial charge in [0.1, 0.15) is 6.07 Å². The standard InChI is InChI=1S/C14H14N2O4S/c1-3-16-13(11(9-15)14(17)20-4-2)10-7-5-6-8-12(10)21(16,18)19/h5-8H,3-4H2,1-2H3/b13-11-. The molecule has 0 saturated heterocycles. The summed E-state index contributed by atoms with van der Waals surface area (Å²) >= 11 is 0. The molecule has 1 aliphatic rings. The monoisotopic (exact) mass is 306 g/mol. The summed E-state index contributed by atoms with van der Waals surface area (Å²) in [5.41, 5.74) is 0.144. The molecular formula is C14H14N2O4S.